The Morgan fingerprint density at radius 1 is 1.43 bits per heavy atom. The molecular formula is C15H24N2O4S2. The summed E-state index contributed by atoms with van der Waals surface area (Å²) in [5, 5.41) is 1.75. The summed E-state index contributed by atoms with van der Waals surface area (Å²) in [7, 11) is -1.81. The van der Waals surface area contributed by atoms with E-state index in [9.17, 15) is 13.2 Å². The molecule has 1 saturated heterocycles. The summed E-state index contributed by atoms with van der Waals surface area (Å²) in [6.45, 7) is 6.22. The second kappa shape index (κ2) is 6.78. The third-order valence-corrected chi connectivity index (χ3v) is 6.92. The van der Waals surface area contributed by atoms with E-state index in [0.29, 0.717) is 17.3 Å². The second-order valence-electron chi connectivity index (χ2n) is 6.68. The maximum Gasteiger partial charge on any atom is 0.410 e. The van der Waals surface area contributed by atoms with Crippen molar-refractivity contribution in [3.05, 3.63) is 17.5 Å². The minimum Gasteiger partial charge on any atom is -0.444 e. The van der Waals surface area contributed by atoms with Gasteiger partial charge in [0.2, 0.25) is 0 Å². The van der Waals surface area contributed by atoms with Gasteiger partial charge in [-0.25, -0.2) is 13.2 Å². The lowest BCUT2D eigenvalue weighted by atomic mass is 10.1. The lowest BCUT2D eigenvalue weighted by molar-refractivity contribution is 0.0173. The van der Waals surface area contributed by atoms with Crippen LogP contribution in [-0.4, -0.2) is 55.5 Å². The minimum absolute atomic E-state index is 0.173. The molecule has 0 aromatic carbocycles. The SMILES string of the molecule is CN(C(=O)OC(C)(C)C)C1CCCN(S(=O)(=O)c2cccs2)C1. The van der Waals surface area contributed by atoms with E-state index in [1.807, 2.05) is 20.8 Å². The number of nitrogens with zero attached hydrogens (tertiary/aromatic N) is 2. The molecule has 0 saturated carbocycles. The molecule has 1 atom stereocenters. The first-order valence-corrected chi connectivity index (χ1v) is 9.93. The molecule has 23 heavy (non-hydrogen) atoms. The van der Waals surface area contributed by atoms with E-state index in [1.165, 1.54) is 20.5 Å². The van der Waals surface area contributed by atoms with Crippen LogP contribution in [0, 0.1) is 0 Å². The normalized spacial score (nSPS) is 20.3. The Kier molecular flexibility index (Phi) is 5.37. The zero-order chi connectivity index (χ0) is 17.3. The van der Waals surface area contributed by atoms with Gasteiger partial charge in [0.1, 0.15) is 9.81 Å². The first-order valence-electron chi connectivity index (χ1n) is 7.61. The van der Waals surface area contributed by atoms with Crippen LogP contribution < -0.4 is 0 Å². The first kappa shape index (κ1) is 18.2. The fraction of sp³-hybridized carbons (Fsp3) is 0.667. The molecule has 0 bridgehead atoms. The van der Waals surface area contributed by atoms with Crippen LogP contribution in [0.15, 0.2) is 21.7 Å². The van der Waals surface area contributed by atoms with Crippen LogP contribution in [0.25, 0.3) is 0 Å². The Bertz CT molecular complexity index is 635. The van der Waals surface area contributed by atoms with Gasteiger partial charge < -0.3 is 9.64 Å². The molecule has 6 nitrogen and oxygen atoms in total. The first-order chi connectivity index (χ1) is 10.6. The summed E-state index contributed by atoms with van der Waals surface area (Å²) in [6.07, 6.45) is 1.08. The average Bonchev–Trinajstić information content (AvgIpc) is 2.99. The highest BCUT2D eigenvalue weighted by molar-refractivity contribution is 7.91. The molecule has 2 heterocycles. The van der Waals surface area contributed by atoms with Gasteiger partial charge in [0.05, 0.1) is 0 Å². The van der Waals surface area contributed by atoms with Gasteiger partial charge in [0.25, 0.3) is 10.0 Å². The van der Waals surface area contributed by atoms with Crippen LogP contribution in [0.3, 0.4) is 0 Å². The third-order valence-electron chi connectivity index (χ3n) is 3.68. The Hall–Kier alpha value is -1.12. The minimum atomic E-state index is -3.47. The Morgan fingerprint density at radius 3 is 2.70 bits per heavy atom. The standard InChI is InChI=1S/C15H24N2O4S2/c1-15(2,3)21-14(18)16(4)12-7-5-9-17(11-12)23(19,20)13-8-6-10-22-13/h6,8,10,12H,5,7,9,11H2,1-4H3. The number of likely N-dealkylation sites (N-methyl/N-ethyl adjacent to an activating group) is 1. The van der Waals surface area contributed by atoms with Crippen LogP contribution >= 0.6 is 11.3 Å². The van der Waals surface area contributed by atoms with Crippen molar-refractivity contribution in [1.82, 2.24) is 9.21 Å². The fourth-order valence-corrected chi connectivity index (χ4v) is 5.14. The summed E-state index contributed by atoms with van der Waals surface area (Å²) in [6, 6.07) is 3.17. The highest BCUT2D eigenvalue weighted by atomic mass is 32.2. The number of amides is 1. The highest BCUT2D eigenvalue weighted by Crippen LogP contribution is 2.26. The van der Waals surface area contributed by atoms with Gasteiger partial charge in [-0.15, -0.1) is 11.3 Å². The topological polar surface area (TPSA) is 66.9 Å². The molecule has 1 amide bonds. The molecule has 0 radical (unpaired) electrons. The number of carbonyl (C=O) groups excluding carboxylic acids is 1. The molecule has 130 valence electrons. The number of carbonyl (C=O) groups is 1. The van der Waals surface area contributed by atoms with Gasteiger partial charge in [-0.2, -0.15) is 4.31 Å². The quantitative estimate of drug-likeness (QED) is 0.831. The second-order valence-corrected chi connectivity index (χ2v) is 9.79. The molecule has 1 fully saturated rings. The zero-order valence-electron chi connectivity index (χ0n) is 14.0. The zero-order valence-corrected chi connectivity index (χ0v) is 15.6. The summed E-state index contributed by atoms with van der Waals surface area (Å²) >= 11 is 1.21. The smallest absolute Gasteiger partial charge is 0.410 e. The third kappa shape index (κ3) is 4.45. The van der Waals surface area contributed by atoms with Gasteiger partial charge in [0.15, 0.2) is 0 Å². The number of ether oxygens (including phenoxy) is 1. The number of sulfonamides is 1. The molecule has 0 N–H and O–H groups in total. The van der Waals surface area contributed by atoms with E-state index in [-0.39, 0.29) is 6.04 Å². The molecule has 1 aromatic heterocycles. The summed E-state index contributed by atoms with van der Waals surface area (Å²) in [4.78, 5) is 13.7. The molecular weight excluding hydrogens is 336 g/mol. The van der Waals surface area contributed by atoms with Crippen LogP contribution in [0.2, 0.25) is 0 Å². The van der Waals surface area contributed by atoms with Crippen molar-refractivity contribution in [2.75, 3.05) is 20.1 Å². The number of hydrogen-bond acceptors (Lipinski definition) is 5. The monoisotopic (exact) mass is 360 g/mol. The molecule has 1 aliphatic heterocycles. The van der Waals surface area contributed by atoms with Crippen molar-refractivity contribution in [3.63, 3.8) is 0 Å². The van der Waals surface area contributed by atoms with E-state index < -0.39 is 21.7 Å². The van der Waals surface area contributed by atoms with E-state index in [0.717, 1.165) is 12.8 Å². The van der Waals surface area contributed by atoms with Gasteiger partial charge in [-0.1, -0.05) is 6.07 Å². The summed E-state index contributed by atoms with van der Waals surface area (Å²) in [5.74, 6) is 0. The predicted octanol–water partition coefficient (Wildman–Crippen LogP) is 2.77. The van der Waals surface area contributed by atoms with E-state index in [1.54, 1.807) is 24.6 Å². The van der Waals surface area contributed by atoms with Crippen molar-refractivity contribution in [1.29, 1.82) is 0 Å². The van der Waals surface area contributed by atoms with Crippen molar-refractivity contribution in [2.24, 2.45) is 0 Å². The van der Waals surface area contributed by atoms with Gasteiger partial charge in [0, 0.05) is 26.2 Å². The Labute approximate surface area is 142 Å². The molecule has 0 aliphatic carbocycles. The van der Waals surface area contributed by atoms with Crippen LogP contribution in [0.5, 0.6) is 0 Å². The Balaban J connectivity index is 2.08. The van der Waals surface area contributed by atoms with Crippen LogP contribution in [0.4, 0.5) is 4.79 Å². The Morgan fingerprint density at radius 2 is 2.13 bits per heavy atom. The molecule has 2 rings (SSSR count). The fourth-order valence-electron chi connectivity index (χ4n) is 2.48. The van der Waals surface area contributed by atoms with Crippen LogP contribution in [0.1, 0.15) is 33.6 Å². The average molecular weight is 361 g/mol. The largest absolute Gasteiger partial charge is 0.444 e. The molecule has 1 aromatic rings. The van der Waals surface area contributed by atoms with Crippen molar-refractivity contribution in [2.45, 2.75) is 49.5 Å². The molecule has 0 spiro atoms. The number of rotatable bonds is 3. The molecule has 1 unspecified atom stereocenters. The van der Waals surface area contributed by atoms with E-state index in [4.69, 9.17) is 4.74 Å². The summed E-state index contributed by atoms with van der Waals surface area (Å²) in [5.41, 5.74) is -0.567. The highest BCUT2D eigenvalue weighted by Gasteiger charge is 2.34. The van der Waals surface area contributed by atoms with Crippen molar-refractivity contribution < 1.29 is 17.9 Å². The number of thiophene rings is 1. The number of piperidine rings is 1. The summed E-state index contributed by atoms with van der Waals surface area (Å²) < 4.78 is 32.4. The molecule has 1 aliphatic rings. The molecule has 8 heteroatoms. The van der Waals surface area contributed by atoms with E-state index >= 15 is 0 Å². The van der Waals surface area contributed by atoms with Gasteiger partial charge in [-0.05, 0) is 45.1 Å². The lowest BCUT2D eigenvalue weighted by Crippen LogP contribution is -2.51. The number of hydrogen-bond donors (Lipinski definition) is 0. The maximum atomic E-state index is 12.6. The lowest BCUT2D eigenvalue weighted by Gasteiger charge is -2.37. The van der Waals surface area contributed by atoms with Crippen LogP contribution in [-0.2, 0) is 14.8 Å². The van der Waals surface area contributed by atoms with Gasteiger partial charge in [-0.3, -0.25) is 0 Å². The van der Waals surface area contributed by atoms with Crippen molar-refractivity contribution >= 4 is 27.5 Å². The van der Waals surface area contributed by atoms with Crippen molar-refractivity contribution in [3.8, 4) is 0 Å². The van der Waals surface area contributed by atoms with E-state index in [2.05, 4.69) is 0 Å². The predicted molar refractivity (Wildman–Crippen MR) is 90.1 cm³/mol. The maximum absolute atomic E-state index is 12.6. The van der Waals surface area contributed by atoms with Gasteiger partial charge >= 0.3 is 6.09 Å².